The lowest BCUT2D eigenvalue weighted by Gasteiger charge is -2.39. The molecule has 2 fully saturated rings. The zero-order valence-electron chi connectivity index (χ0n) is 12.6. The SMILES string of the molecule is CC1C=CC2=C3C(=O)OC(=O)C3CC(C3CC(=O)OC3=O)C2C1. The van der Waals surface area contributed by atoms with Gasteiger partial charge in [-0.25, -0.2) is 4.79 Å². The number of rotatable bonds is 1. The third-order valence-electron chi connectivity index (χ3n) is 5.43. The summed E-state index contributed by atoms with van der Waals surface area (Å²) in [7, 11) is 0. The lowest BCUT2D eigenvalue weighted by atomic mass is 9.62. The Morgan fingerprint density at radius 1 is 1.00 bits per heavy atom. The molecule has 5 atom stereocenters. The topological polar surface area (TPSA) is 86.7 Å². The summed E-state index contributed by atoms with van der Waals surface area (Å²) in [5, 5.41) is 0. The first-order chi connectivity index (χ1) is 11.0. The predicted molar refractivity (Wildman–Crippen MR) is 75.3 cm³/mol. The number of esters is 4. The molecule has 0 radical (unpaired) electrons. The molecular formula is C17H16O6. The highest BCUT2D eigenvalue weighted by Crippen LogP contribution is 2.51. The fourth-order valence-electron chi connectivity index (χ4n) is 4.40. The summed E-state index contributed by atoms with van der Waals surface area (Å²) in [6.07, 6.45) is 5.09. The van der Waals surface area contributed by atoms with Gasteiger partial charge in [-0.2, -0.15) is 0 Å². The highest BCUT2D eigenvalue weighted by atomic mass is 16.6. The Kier molecular flexibility index (Phi) is 3.04. The van der Waals surface area contributed by atoms with Crippen LogP contribution in [-0.4, -0.2) is 23.9 Å². The van der Waals surface area contributed by atoms with Crippen LogP contribution in [0.25, 0.3) is 0 Å². The van der Waals surface area contributed by atoms with E-state index in [1.165, 1.54) is 0 Å². The number of carbonyl (C=O) groups is 4. The standard InChI is InChI=1S/C17H16O6/c1-7-2-3-8-9(4-7)10(11-6-13(18)22-15(11)19)5-12-14(8)17(21)23-16(12)20/h2-3,7,9-12H,4-6H2,1H3. The number of hydrogen-bond donors (Lipinski definition) is 0. The fourth-order valence-corrected chi connectivity index (χ4v) is 4.40. The maximum Gasteiger partial charge on any atom is 0.342 e. The monoisotopic (exact) mass is 316 g/mol. The van der Waals surface area contributed by atoms with Gasteiger partial charge in [0.25, 0.3) is 0 Å². The molecule has 2 heterocycles. The molecule has 2 aliphatic heterocycles. The summed E-state index contributed by atoms with van der Waals surface area (Å²) in [4.78, 5) is 47.5. The van der Waals surface area contributed by atoms with E-state index in [0.717, 1.165) is 12.0 Å². The molecule has 0 spiro atoms. The molecule has 0 amide bonds. The maximum atomic E-state index is 12.0. The maximum absolute atomic E-state index is 12.0. The molecule has 0 aromatic rings. The van der Waals surface area contributed by atoms with Crippen LogP contribution in [0.1, 0.15) is 26.2 Å². The van der Waals surface area contributed by atoms with E-state index >= 15 is 0 Å². The van der Waals surface area contributed by atoms with Gasteiger partial charge in [-0.15, -0.1) is 0 Å². The van der Waals surface area contributed by atoms with Gasteiger partial charge in [-0.3, -0.25) is 14.4 Å². The Bertz CT molecular complexity index is 700. The van der Waals surface area contributed by atoms with Gasteiger partial charge in [0.1, 0.15) is 0 Å². The van der Waals surface area contributed by atoms with E-state index < -0.39 is 35.7 Å². The number of cyclic esters (lactones) is 4. The van der Waals surface area contributed by atoms with E-state index in [4.69, 9.17) is 9.47 Å². The molecule has 0 saturated carbocycles. The zero-order valence-corrected chi connectivity index (χ0v) is 12.6. The quantitative estimate of drug-likeness (QED) is 0.535. The molecule has 6 nitrogen and oxygen atoms in total. The Morgan fingerprint density at radius 3 is 2.48 bits per heavy atom. The van der Waals surface area contributed by atoms with Gasteiger partial charge in [-0.1, -0.05) is 19.1 Å². The molecule has 23 heavy (non-hydrogen) atoms. The molecular weight excluding hydrogens is 300 g/mol. The number of fused-ring (bicyclic) bond motifs is 2. The number of carbonyl (C=O) groups excluding carboxylic acids is 4. The molecule has 2 saturated heterocycles. The minimum Gasteiger partial charge on any atom is -0.393 e. The Morgan fingerprint density at radius 2 is 1.78 bits per heavy atom. The average molecular weight is 316 g/mol. The van der Waals surface area contributed by atoms with Crippen molar-refractivity contribution < 1.29 is 28.7 Å². The van der Waals surface area contributed by atoms with Gasteiger partial charge in [-0.05, 0) is 36.2 Å². The lowest BCUT2D eigenvalue weighted by Crippen LogP contribution is -2.37. The zero-order chi connectivity index (χ0) is 16.3. The summed E-state index contributed by atoms with van der Waals surface area (Å²) in [5.41, 5.74) is 1.24. The Hall–Kier alpha value is -2.24. The first kappa shape index (κ1) is 14.4. The van der Waals surface area contributed by atoms with Crippen molar-refractivity contribution in [2.75, 3.05) is 0 Å². The summed E-state index contributed by atoms with van der Waals surface area (Å²) < 4.78 is 9.49. The third-order valence-corrected chi connectivity index (χ3v) is 5.43. The second-order valence-corrected chi connectivity index (χ2v) is 6.81. The first-order valence-corrected chi connectivity index (χ1v) is 7.88. The fraction of sp³-hybridized carbons (Fsp3) is 0.529. The van der Waals surface area contributed by atoms with E-state index in [1.807, 2.05) is 12.2 Å². The Labute approximate surface area is 132 Å². The van der Waals surface area contributed by atoms with Crippen LogP contribution in [0.5, 0.6) is 0 Å². The van der Waals surface area contributed by atoms with E-state index in [2.05, 4.69) is 6.92 Å². The van der Waals surface area contributed by atoms with Crippen LogP contribution in [0, 0.1) is 29.6 Å². The minimum atomic E-state index is -0.625. The van der Waals surface area contributed by atoms with Crippen LogP contribution in [0.3, 0.4) is 0 Å². The van der Waals surface area contributed by atoms with Gasteiger partial charge in [0.15, 0.2) is 0 Å². The van der Waals surface area contributed by atoms with Crippen LogP contribution >= 0.6 is 0 Å². The molecule has 0 bridgehead atoms. The molecule has 0 N–H and O–H groups in total. The van der Waals surface area contributed by atoms with E-state index in [1.54, 1.807) is 0 Å². The van der Waals surface area contributed by atoms with Gasteiger partial charge in [0.2, 0.25) is 0 Å². The van der Waals surface area contributed by atoms with E-state index in [-0.39, 0.29) is 18.3 Å². The molecule has 5 unspecified atom stereocenters. The van der Waals surface area contributed by atoms with Crippen molar-refractivity contribution in [2.45, 2.75) is 26.2 Å². The van der Waals surface area contributed by atoms with Crippen molar-refractivity contribution in [3.05, 3.63) is 23.3 Å². The summed E-state index contributed by atoms with van der Waals surface area (Å²) in [6, 6.07) is 0. The smallest absolute Gasteiger partial charge is 0.342 e. The molecule has 6 heteroatoms. The van der Waals surface area contributed by atoms with Gasteiger partial charge in [0, 0.05) is 0 Å². The van der Waals surface area contributed by atoms with Gasteiger partial charge >= 0.3 is 23.9 Å². The molecule has 4 rings (SSSR count). The second kappa shape index (κ2) is 4.88. The van der Waals surface area contributed by atoms with Crippen LogP contribution in [0.4, 0.5) is 0 Å². The van der Waals surface area contributed by atoms with E-state index in [9.17, 15) is 19.2 Å². The van der Waals surface area contributed by atoms with Gasteiger partial charge < -0.3 is 9.47 Å². The predicted octanol–water partition coefficient (Wildman–Crippen LogP) is 1.30. The summed E-state index contributed by atoms with van der Waals surface area (Å²) >= 11 is 0. The molecule has 120 valence electrons. The van der Waals surface area contributed by atoms with Crippen molar-refractivity contribution >= 4 is 23.9 Å². The number of hydrogen-bond acceptors (Lipinski definition) is 6. The molecule has 2 aliphatic carbocycles. The number of allylic oxidation sites excluding steroid dienone is 3. The van der Waals surface area contributed by atoms with Crippen molar-refractivity contribution in [3.8, 4) is 0 Å². The highest BCUT2D eigenvalue weighted by Gasteiger charge is 2.53. The van der Waals surface area contributed by atoms with Crippen molar-refractivity contribution in [1.29, 1.82) is 0 Å². The largest absolute Gasteiger partial charge is 0.393 e. The van der Waals surface area contributed by atoms with Crippen LogP contribution in [0.2, 0.25) is 0 Å². The van der Waals surface area contributed by atoms with Crippen LogP contribution < -0.4 is 0 Å². The lowest BCUT2D eigenvalue weighted by molar-refractivity contribution is -0.156. The first-order valence-electron chi connectivity index (χ1n) is 7.88. The highest BCUT2D eigenvalue weighted by molar-refractivity contribution is 6.08. The van der Waals surface area contributed by atoms with Crippen molar-refractivity contribution in [3.63, 3.8) is 0 Å². The van der Waals surface area contributed by atoms with Crippen molar-refractivity contribution in [2.24, 2.45) is 29.6 Å². The summed E-state index contributed by atoms with van der Waals surface area (Å²) in [6.45, 7) is 2.07. The van der Waals surface area contributed by atoms with Crippen LogP contribution in [-0.2, 0) is 28.7 Å². The average Bonchev–Trinajstić information content (AvgIpc) is 2.97. The van der Waals surface area contributed by atoms with Gasteiger partial charge in [0.05, 0.1) is 23.8 Å². The molecule has 0 aromatic heterocycles. The molecule has 0 aromatic carbocycles. The minimum absolute atomic E-state index is 0.0249. The van der Waals surface area contributed by atoms with Crippen LogP contribution in [0.15, 0.2) is 23.3 Å². The Balaban J connectivity index is 1.79. The summed E-state index contributed by atoms with van der Waals surface area (Å²) in [5.74, 6) is -3.19. The number of ether oxygens (including phenoxy) is 2. The third kappa shape index (κ3) is 2.08. The second-order valence-electron chi connectivity index (χ2n) is 6.81. The normalized spacial score (nSPS) is 39.3. The van der Waals surface area contributed by atoms with E-state index in [0.29, 0.717) is 17.9 Å². The molecule has 4 aliphatic rings. The van der Waals surface area contributed by atoms with Crippen molar-refractivity contribution in [1.82, 2.24) is 0 Å².